The molecule has 22 heavy (non-hydrogen) atoms. The van der Waals surface area contributed by atoms with Crippen LogP contribution in [0.15, 0.2) is 12.3 Å². The first-order valence-corrected chi connectivity index (χ1v) is 7.27. The number of piperazine rings is 1. The number of amides is 2. The standard InChI is InChI=1S/C14H18N6O2/c1-4-10-12(21)18(3)7-8-19(10)13(22)11-16-17-14-15-9(2)5-6-20(11)14/h5-6,10H,4,7-8H2,1-3H3/t10-/m0/s1. The smallest absolute Gasteiger partial charge is 0.292 e. The van der Waals surface area contributed by atoms with Gasteiger partial charge in [-0.1, -0.05) is 6.92 Å². The minimum Gasteiger partial charge on any atom is -0.342 e. The third-order valence-corrected chi connectivity index (χ3v) is 3.97. The first kappa shape index (κ1) is 14.4. The van der Waals surface area contributed by atoms with Crippen LogP contribution in [0.4, 0.5) is 0 Å². The molecule has 1 saturated heterocycles. The van der Waals surface area contributed by atoms with E-state index in [0.717, 1.165) is 5.69 Å². The number of carbonyl (C=O) groups excluding carboxylic acids is 2. The zero-order valence-corrected chi connectivity index (χ0v) is 12.9. The summed E-state index contributed by atoms with van der Waals surface area (Å²) in [6.45, 7) is 4.76. The third-order valence-electron chi connectivity index (χ3n) is 3.97. The van der Waals surface area contributed by atoms with Crippen molar-refractivity contribution in [1.29, 1.82) is 0 Å². The molecule has 3 heterocycles. The third kappa shape index (κ3) is 2.20. The number of fused-ring (bicyclic) bond motifs is 1. The predicted octanol–water partition coefficient (Wildman–Crippen LogP) is 0.126. The van der Waals surface area contributed by atoms with E-state index in [-0.39, 0.29) is 17.6 Å². The fourth-order valence-corrected chi connectivity index (χ4v) is 2.70. The molecule has 0 unspecified atom stereocenters. The Balaban J connectivity index is 1.96. The Kier molecular flexibility index (Phi) is 3.51. The van der Waals surface area contributed by atoms with Gasteiger partial charge in [0.25, 0.3) is 11.7 Å². The van der Waals surface area contributed by atoms with E-state index in [4.69, 9.17) is 0 Å². The van der Waals surface area contributed by atoms with Crippen molar-refractivity contribution >= 4 is 17.6 Å². The van der Waals surface area contributed by atoms with Gasteiger partial charge in [0.2, 0.25) is 11.7 Å². The Morgan fingerprint density at radius 1 is 1.36 bits per heavy atom. The molecule has 2 aromatic heterocycles. The monoisotopic (exact) mass is 302 g/mol. The molecule has 1 aliphatic rings. The zero-order valence-electron chi connectivity index (χ0n) is 12.9. The molecule has 0 aromatic carbocycles. The molecule has 1 aliphatic heterocycles. The Morgan fingerprint density at radius 3 is 2.86 bits per heavy atom. The van der Waals surface area contributed by atoms with Crippen molar-refractivity contribution in [1.82, 2.24) is 29.4 Å². The molecule has 2 aromatic rings. The van der Waals surface area contributed by atoms with E-state index < -0.39 is 6.04 Å². The van der Waals surface area contributed by atoms with Gasteiger partial charge >= 0.3 is 0 Å². The van der Waals surface area contributed by atoms with E-state index in [1.54, 1.807) is 33.5 Å². The van der Waals surface area contributed by atoms with Gasteiger partial charge in [-0.25, -0.2) is 4.98 Å². The van der Waals surface area contributed by atoms with Crippen molar-refractivity contribution in [3.8, 4) is 0 Å². The average molecular weight is 302 g/mol. The molecule has 116 valence electrons. The molecule has 1 fully saturated rings. The van der Waals surface area contributed by atoms with Gasteiger partial charge in [-0.3, -0.25) is 14.0 Å². The van der Waals surface area contributed by atoms with Crippen LogP contribution in [0, 0.1) is 6.92 Å². The summed E-state index contributed by atoms with van der Waals surface area (Å²) in [5.74, 6) is 0.256. The number of likely N-dealkylation sites (N-methyl/N-ethyl adjacent to an activating group) is 1. The van der Waals surface area contributed by atoms with Crippen LogP contribution in [0.2, 0.25) is 0 Å². The Hall–Kier alpha value is -2.51. The highest BCUT2D eigenvalue weighted by molar-refractivity contribution is 5.96. The lowest BCUT2D eigenvalue weighted by atomic mass is 10.1. The van der Waals surface area contributed by atoms with Crippen LogP contribution in [0.25, 0.3) is 5.78 Å². The summed E-state index contributed by atoms with van der Waals surface area (Å²) in [5.41, 5.74) is 0.806. The van der Waals surface area contributed by atoms with Crippen LogP contribution in [0.3, 0.4) is 0 Å². The van der Waals surface area contributed by atoms with Crippen LogP contribution < -0.4 is 0 Å². The lowest BCUT2D eigenvalue weighted by Gasteiger charge is -2.38. The van der Waals surface area contributed by atoms with Gasteiger partial charge in [-0.15, -0.1) is 10.2 Å². The second kappa shape index (κ2) is 5.36. The number of carbonyl (C=O) groups is 2. The number of aryl methyl sites for hydroxylation is 1. The quantitative estimate of drug-likeness (QED) is 0.787. The first-order chi connectivity index (χ1) is 10.5. The molecule has 8 heteroatoms. The Morgan fingerprint density at radius 2 is 2.14 bits per heavy atom. The van der Waals surface area contributed by atoms with Gasteiger partial charge < -0.3 is 9.80 Å². The number of nitrogens with zero attached hydrogens (tertiary/aromatic N) is 6. The molecule has 0 N–H and O–H groups in total. The van der Waals surface area contributed by atoms with Crippen LogP contribution in [0.1, 0.15) is 29.7 Å². The van der Waals surface area contributed by atoms with Crippen LogP contribution >= 0.6 is 0 Å². The summed E-state index contributed by atoms with van der Waals surface area (Å²) in [6, 6.07) is 1.34. The summed E-state index contributed by atoms with van der Waals surface area (Å²) in [7, 11) is 1.76. The number of hydrogen-bond donors (Lipinski definition) is 0. The molecule has 1 atom stereocenters. The molecule has 0 saturated carbocycles. The van der Waals surface area contributed by atoms with E-state index in [1.165, 1.54) is 0 Å². The van der Waals surface area contributed by atoms with Gasteiger partial charge in [0, 0.05) is 32.0 Å². The molecule has 2 amide bonds. The van der Waals surface area contributed by atoms with Crippen molar-refractivity contribution in [2.75, 3.05) is 20.1 Å². The lowest BCUT2D eigenvalue weighted by molar-refractivity contribution is -0.138. The van der Waals surface area contributed by atoms with Gasteiger partial charge in [0.15, 0.2) is 0 Å². The molecule has 0 bridgehead atoms. The molecule has 8 nitrogen and oxygen atoms in total. The minimum absolute atomic E-state index is 0.0371. The van der Waals surface area contributed by atoms with Crippen molar-refractivity contribution in [3.63, 3.8) is 0 Å². The summed E-state index contributed by atoms with van der Waals surface area (Å²) >= 11 is 0. The molecule has 0 radical (unpaired) electrons. The highest BCUT2D eigenvalue weighted by Crippen LogP contribution is 2.16. The maximum atomic E-state index is 12.8. The largest absolute Gasteiger partial charge is 0.342 e. The molecule has 0 spiro atoms. The van der Waals surface area contributed by atoms with E-state index >= 15 is 0 Å². The topological polar surface area (TPSA) is 83.7 Å². The van der Waals surface area contributed by atoms with Crippen LogP contribution in [-0.4, -0.2) is 67.4 Å². The van der Waals surface area contributed by atoms with Crippen molar-refractivity contribution in [3.05, 3.63) is 23.8 Å². The lowest BCUT2D eigenvalue weighted by Crippen LogP contribution is -2.57. The Labute approximate surface area is 127 Å². The summed E-state index contributed by atoms with van der Waals surface area (Å²) < 4.78 is 1.56. The molecule has 3 rings (SSSR count). The maximum absolute atomic E-state index is 12.8. The normalized spacial score (nSPS) is 19.0. The van der Waals surface area contributed by atoms with Crippen LogP contribution in [0.5, 0.6) is 0 Å². The van der Waals surface area contributed by atoms with Crippen LogP contribution in [-0.2, 0) is 4.79 Å². The fourth-order valence-electron chi connectivity index (χ4n) is 2.70. The average Bonchev–Trinajstić information content (AvgIpc) is 2.92. The highest BCUT2D eigenvalue weighted by atomic mass is 16.2. The highest BCUT2D eigenvalue weighted by Gasteiger charge is 2.36. The second-order valence-electron chi connectivity index (χ2n) is 5.44. The maximum Gasteiger partial charge on any atom is 0.292 e. The zero-order chi connectivity index (χ0) is 15.9. The number of aromatic nitrogens is 4. The molecule has 0 aliphatic carbocycles. The molecular weight excluding hydrogens is 284 g/mol. The summed E-state index contributed by atoms with van der Waals surface area (Å²) in [4.78, 5) is 32.5. The van der Waals surface area contributed by atoms with E-state index in [9.17, 15) is 9.59 Å². The second-order valence-corrected chi connectivity index (χ2v) is 5.44. The fraction of sp³-hybridized carbons (Fsp3) is 0.500. The Bertz CT molecular complexity index is 740. The predicted molar refractivity (Wildman–Crippen MR) is 78.3 cm³/mol. The van der Waals surface area contributed by atoms with E-state index in [0.29, 0.717) is 25.3 Å². The minimum atomic E-state index is -0.447. The molecular formula is C14H18N6O2. The summed E-state index contributed by atoms with van der Waals surface area (Å²) in [5, 5.41) is 7.90. The number of hydrogen-bond acceptors (Lipinski definition) is 5. The summed E-state index contributed by atoms with van der Waals surface area (Å²) in [6.07, 6.45) is 2.30. The van der Waals surface area contributed by atoms with E-state index in [1.807, 2.05) is 13.8 Å². The van der Waals surface area contributed by atoms with E-state index in [2.05, 4.69) is 15.2 Å². The van der Waals surface area contributed by atoms with Gasteiger partial charge in [-0.05, 0) is 19.4 Å². The SMILES string of the molecule is CC[C@H]1C(=O)N(C)CCN1C(=O)c1nnc2nc(C)ccn12. The van der Waals surface area contributed by atoms with Crippen molar-refractivity contribution in [2.24, 2.45) is 0 Å². The van der Waals surface area contributed by atoms with Gasteiger partial charge in [0.05, 0.1) is 0 Å². The van der Waals surface area contributed by atoms with Crippen molar-refractivity contribution < 1.29 is 9.59 Å². The first-order valence-electron chi connectivity index (χ1n) is 7.27. The van der Waals surface area contributed by atoms with Crippen molar-refractivity contribution in [2.45, 2.75) is 26.3 Å². The number of rotatable bonds is 2. The van der Waals surface area contributed by atoms with Gasteiger partial charge in [-0.2, -0.15) is 0 Å². The van der Waals surface area contributed by atoms with Gasteiger partial charge in [0.1, 0.15) is 6.04 Å².